The van der Waals surface area contributed by atoms with Gasteiger partial charge >= 0.3 is 0 Å². The molecule has 1 aromatic heterocycles. The Balaban J connectivity index is 1.69. The number of fused-ring (bicyclic) bond motifs is 1. The number of aromatic nitrogens is 1. The Kier molecular flexibility index (Phi) is 6.99. The summed E-state index contributed by atoms with van der Waals surface area (Å²) < 4.78 is 25.0. The number of hydrogen-bond acceptors (Lipinski definition) is 6. The van der Waals surface area contributed by atoms with Crippen molar-refractivity contribution in [1.29, 1.82) is 0 Å². The van der Waals surface area contributed by atoms with Gasteiger partial charge in [0.2, 0.25) is 0 Å². The first-order valence-electron chi connectivity index (χ1n) is 10.3. The lowest BCUT2D eigenvalue weighted by atomic mass is 9.98. The van der Waals surface area contributed by atoms with Crippen molar-refractivity contribution in [3.05, 3.63) is 64.8 Å². The zero-order valence-electron chi connectivity index (χ0n) is 17.1. The lowest BCUT2D eigenvalue weighted by Crippen LogP contribution is -2.56. The highest BCUT2D eigenvalue weighted by atomic mass is 35.5. The predicted molar refractivity (Wildman–Crippen MR) is 117 cm³/mol. The smallest absolute Gasteiger partial charge is 0.163 e. The van der Waals surface area contributed by atoms with Crippen LogP contribution in [0.2, 0.25) is 5.02 Å². The van der Waals surface area contributed by atoms with Crippen LogP contribution in [0.15, 0.2) is 48.7 Å². The number of aliphatic hydroxyl groups is 4. The fourth-order valence-electron chi connectivity index (χ4n) is 4.08. The van der Waals surface area contributed by atoms with Gasteiger partial charge in [-0.05, 0) is 41.8 Å². The fourth-order valence-corrected chi connectivity index (χ4v) is 4.38. The van der Waals surface area contributed by atoms with Gasteiger partial charge in [0.1, 0.15) is 43.4 Å². The second kappa shape index (κ2) is 9.74. The van der Waals surface area contributed by atoms with Gasteiger partial charge in [-0.15, -0.1) is 0 Å². The van der Waals surface area contributed by atoms with Crippen LogP contribution in [-0.2, 0) is 11.2 Å². The number of benzene rings is 2. The van der Waals surface area contributed by atoms with Gasteiger partial charge in [0.25, 0.3) is 0 Å². The maximum absolute atomic E-state index is 12.3. The van der Waals surface area contributed by atoms with Crippen LogP contribution < -0.4 is 4.74 Å². The number of rotatable bonds is 7. The molecular formula is C23H25ClFNO6. The monoisotopic (exact) mass is 465 g/mol. The molecule has 2 aromatic carbocycles. The molecule has 0 bridgehead atoms. The Morgan fingerprint density at radius 3 is 2.47 bits per heavy atom. The molecule has 0 spiro atoms. The highest BCUT2D eigenvalue weighted by Crippen LogP contribution is 2.36. The molecule has 0 amide bonds. The van der Waals surface area contributed by atoms with Crippen molar-refractivity contribution in [1.82, 2.24) is 4.57 Å². The second-order valence-corrected chi connectivity index (χ2v) is 8.18. The number of alkyl halides is 1. The average molecular weight is 466 g/mol. The number of aliphatic hydroxyl groups excluding tert-OH is 4. The molecule has 1 saturated heterocycles. The Morgan fingerprint density at radius 2 is 1.78 bits per heavy atom. The van der Waals surface area contributed by atoms with Crippen LogP contribution in [0, 0.1) is 0 Å². The normalized spacial score (nSPS) is 25.9. The minimum Gasteiger partial charge on any atom is -0.491 e. The minimum absolute atomic E-state index is 0.00153. The quantitative estimate of drug-likeness (QED) is 0.426. The third-order valence-electron chi connectivity index (χ3n) is 5.69. The van der Waals surface area contributed by atoms with Gasteiger partial charge in [0, 0.05) is 11.6 Å². The summed E-state index contributed by atoms with van der Waals surface area (Å²) in [6.07, 6.45) is -4.09. The summed E-state index contributed by atoms with van der Waals surface area (Å²) in [5, 5.41) is 41.7. The summed E-state index contributed by atoms with van der Waals surface area (Å²) in [6.45, 7) is -1.07. The van der Waals surface area contributed by atoms with Crippen LogP contribution >= 0.6 is 11.6 Å². The number of nitrogens with zero attached hydrogens (tertiary/aromatic N) is 1. The van der Waals surface area contributed by atoms with Gasteiger partial charge < -0.3 is 34.5 Å². The first kappa shape index (κ1) is 23.0. The van der Waals surface area contributed by atoms with Crippen LogP contribution in [0.5, 0.6) is 5.75 Å². The Morgan fingerprint density at radius 1 is 1.03 bits per heavy atom. The van der Waals surface area contributed by atoms with Crippen LogP contribution in [0.1, 0.15) is 17.4 Å². The zero-order chi connectivity index (χ0) is 22.8. The Bertz CT molecular complexity index is 1060. The van der Waals surface area contributed by atoms with E-state index in [2.05, 4.69) is 0 Å². The lowest BCUT2D eigenvalue weighted by molar-refractivity contribution is -0.250. The van der Waals surface area contributed by atoms with Crippen molar-refractivity contribution < 1.29 is 34.3 Å². The molecule has 4 rings (SSSR count). The molecular weight excluding hydrogens is 441 g/mol. The van der Waals surface area contributed by atoms with Gasteiger partial charge in [-0.2, -0.15) is 0 Å². The van der Waals surface area contributed by atoms with Crippen LogP contribution in [0.3, 0.4) is 0 Å². The predicted octanol–water partition coefficient (Wildman–Crippen LogP) is 2.21. The van der Waals surface area contributed by atoms with Crippen LogP contribution in [0.4, 0.5) is 4.39 Å². The Labute approximate surface area is 189 Å². The molecule has 1 aliphatic heterocycles. The third-order valence-corrected chi connectivity index (χ3v) is 6.01. The van der Waals surface area contributed by atoms with Gasteiger partial charge in [-0.1, -0.05) is 29.8 Å². The molecule has 3 aromatic rings. The van der Waals surface area contributed by atoms with Crippen molar-refractivity contribution in [3.8, 4) is 5.75 Å². The van der Waals surface area contributed by atoms with Crippen molar-refractivity contribution >= 4 is 22.5 Å². The van der Waals surface area contributed by atoms with E-state index in [1.54, 1.807) is 35.0 Å². The molecule has 172 valence electrons. The molecule has 0 unspecified atom stereocenters. The van der Waals surface area contributed by atoms with Gasteiger partial charge in [0.15, 0.2) is 6.23 Å². The van der Waals surface area contributed by atoms with E-state index in [1.807, 2.05) is 18.2 Å². The number of ether oxygens (including phenoxy) is 2. The number of hydrogen-bond donors (Lipinski definition) is 4. The largest absolute Gasteiger partial charge is 0.491 e. The summed E-state index contributed by atoms with van der Waals surface area (Å²) in [5.41, 5.74) is 2.50. The molecule has 9 heteroatoms. The summed E-state index contributed by atoms with van der Waals surface area (Å²) in [5.74, 6) is 0.577. The summed E-state index contributed by atoms with van der Waals surface area (Å²) >= 11 is 6.51. The average Bonchev–Trinajstić information content (AvgIpc) is 3.16. The summed E-state index contributed by atoms with van der Waals surface area (Å²) in [4.78, 5) is 0. The molecule has 5 atom stereocenters. The lowest BCUT2D eigenvalue weighted by Gasteiger charge is -2.40. The highest BCUT2D eigenvalue weighted by molar-refractivity contribution is 6.35. The molecule has 1 aliphatic rings. The molecule has 7 nitrogen and oxygen atoms in total. The van der Waals surface area contributed by atoms with E-state index >= 15 is 0 Å². The van der Waals surface area contributed by atoms with Crippen molar-refractivity contribution in [2.24, 2.45) is 0 Å². The van der Waals surface area contributed by atoms with E-state index in [1.165, 1.54) is 0 Å². The zero-order valence-corrected chi connectivity index (χ0v) is 17.9. The fraction of sp³-hybridized carbons (Fsp3) is 0.391. The molecule has 4 N–H and O–H groups in total. The maximum atomic E-state index is 12.3. The first-order chi connectivity index (χ1) is 15.4. The van der Waals surface area contributed by atoms with Crippen LogP contribution in [0.25, 0.3) is 10.9 Å². The van der Waals surface area contributed by atoms with Crippen molar-refractivity contribution in [2.75, 3.05) is 19.9 Å². The molecule has 1 fully saturated rings. The van der Waals surface area contributed by atoms with E-state index in [-0.39, 0.29) is 6.61 Å². The molecule has 2 heterocycles. The first-order valence-corrected chi connectivity index (χ1v) is 10.7. The SMILES string of the molecule is OC[C@H]1O[C@@H](n2cc(Cc3ccc(OCCF)cc3)c3c(Cl)cccc32)[C@H](O)[C@@H](O)[C@@H]1O. The van der Waals surface area contributed by atoms with Gasteiger partial charge in [0.05, 0.1) is 17.1 Å². The Hall–Kier alpha value is -2.20. The van der Waals surface area contributed by atoms with Crippen molar-refractivity contribution in [3.63, 3.8) is 0 Å². The number of halogens is 2. The van der Waals surface area contributed by atoms with E-state index in [4.69, 9.17) is 21.1 Å². The topological polar surface area (TPSA) is 104 Å². The minimum atomic E-state index is -1.48. The van der Waals surface area contributed by atoms with E-state index in [9.17, 15) is 24.8 Å². The molecule has 0 aliphatic carbocycles. The summed E-state index contributed by atoms with van der Waals surface area (Å²) in [6, 6.07) is 12.6. The third kappa shape index (κ3) is 4.34. The van der Waals surface area contributed by atoms with Crippen molar-refractivity contribution in [2.45, 2.75) is 37.1 Å². The standard InChI is InChI=1S/C23H25ClFNO6/c24-16-2-1-3-17-19(16)14(10-13-4-6-15(7-5-13)31-9-8-25)11-26(17)23-22(30)21(29)20(28)18(12-27)32-23/h1-7,11,18,20-23,27-30H,8-10,12H2/t18-,20-,21+,22-,23-/m1/s1. The van der Waals surface area contributed by atoms with E-state index < -0.39 is 43.9 Å². The van der Waals surface area contributed by atoms with E-state index in [0.29, 0.717) is 22.7 Å². The van der Waals surface area contributed by atoms with Crippen LogP contribution in [-0.4, -0.2) is 69.3 Å². The molecule has 0 saturated carbocycles. The van der Waals surface area contributed by atoms with Gasteiger partial charge in [-0.3, -0.25) is 0 Å². The molecule has 0 radical (unpaired) electrons. The van der Waals surface area contributed by atoms with Gasteiger partial charge in [-0.25, -0.2) is 4.39 Å². The highest BCUT2D eigenvalue weighted by Gasteiger charge is 2.44. The van der Waals surface area contributed by atoms with E-state index in [0.717, 1.165) is 16.5 Å². The maximum Gasteiger partial charge on any atom is 0.163 e. The second-order valence-electron chi connectivity index (χ2n) is 7.77. The molecule has 32 heavy (non-hydrogen) atoms. The summed E-state index contributed by atoms with van der Waals surface area (Å²) in [7, 11) is 0.